The van der Waals surface area contributed by atoms with Gasteiger partial charge in [-0.3, -0.25) is 14.6 Å². The number of nitrogens with zero attached hydrogens (tertiary/aromatic N) is 2. The Morgan fingerprint density at radius 3 is 1.68 bits per heavy atom. The van der Waals surface area contributed by atoms with Gasteiger partial charge >= 0.3 is 23.9 Å². The monoisotopic (exact) mass is 686 g/mol. The predicted octanol–water partition coefficient (Wildman–Crippen LogP) is 5.45. The zero-order chi connectivity index (χ0) is 36.0. The number of halogens is 1. The predicted molar refractivity (Wildman–Crippen MR) is 176 cm³/mol. The van der Waals surface area contributed by atoms with Crippen molar-refractivity contribution in [3.8, 4) is 0 Å². The van der Waals surface area contributed by atoms with E-state index in [1.807, 2.05) is 0 Å². The van der Waals surface area contributed by atoms with Gasteiger partial charge in [-0.15, -0.1) is 0 Å². The van der Waals surface area contributed by atoms with Crippen LogP contribution < -0.4 is 0 Å². The third-order valence-electron chi connectivity index (χ3n) is 10.6. The molecule has 1 saturated carbocycles. The number of amides is 3. The quantitative estimate of drug-likeness (QED) is 0.213. The van der Waals surface area contributed by atoms with Crippen molar-refractivity contribution in [3.05, 3.63) is 108 Å². The van der Waals surface area contributed by atoms with Crippen LogP contribution in [0, 0.1) is 10.8 Å². The fourth-order valence-electron chi connectivity index (χ4n) is 7.24. The topological polar surface area (TPSA) is 129 Å². The van der Waals surface area contributed by atoms with Crippen LogP contribution in [-0.2, 0) is 23.7 Å². The summed E-state index contributed by atoms with van der Waals surface area (Å²) in [5.41, 5.74) is -4.18. The fraction of sp³-hybridized carbons (Fsp3) is 0.395. The van der Waals surface area contributed by atoms with Gasteiger partial charge in [0.1, 0.15) is 12.7 Å². The van der Waals surface area contributed by atoms with E-state index >= 15 is 4.39 Å². The summed E-state index contributed by atoms with van der Waals surface area (Å²) < 4.78 is 41.4. The lowest BCUT2D eigenvalue weighted by Crippen LogP contribution is -2.88. The molecule has 0 unspecified atom stereocenters. The summed E-state index contributed by atoms with van der Waals surface area (Å²) in [6.07, 6.45) is -5.86. The number of ether oxygens (including phenoxy) is 4. The van der Waals surface area contributed by atoms with Gasteiger partial charge in [0.15, 0.2) is 18.4 Å². The van der Waals surface area contributed by atoms with Crippen LogP contribution in [0.3, 0.4) is 0 Å². The molecule has 0 radical (unpaired) electrons. The van der Waals surface area contributed by atoms with E-state index in [0.29, 0.717) is 0 Å². The Balaban J connectivity index is 1.44. The van der Waals surface area contributed by atoms with Gasteiger partial charge in [0.2, 0.25) is 5.67 Å². The number of alkyl halides is 1. The molecule has 6 rings (SSSR count). The summed E-state index contributed by atoms with van der Waals surface area (Å²) in [4.78, 5) is 70.0. The molecule has 0 aromatic heterocycles. The standard InChI is InChI=1S/C38H39FN2O9/c1-6-40-34(45)38(39)33(36(2,3)37(38,4)5)41(35(40)46)29-28(50-32(44)25-20-14-9-15-21-25)27(49-31(43)24-18-12-8-13-19-24)26(48-29)22-47-30(42)23-16-10-7-11-17-23/h7-21,26-29,33H,6,22H2,1-5H3/t26-,27-,28-,29-,33+,38+/m1/s1. The maximum Gasteiger partial charge on any atom is 0.338 e. The Hall–Kier alpha value is -5.10. The van der Waals surface area contributed by atoms with Crippen molar-refractivity contribution in [2.45, 2.75) is 70.9 Å². The van der Waals surface area contributed by atoms with E-state index in [1.54, 1.807) is 101 Å². The minimum atomic E-state index is -2.54. The van der Waals surface area contributed by atoms with E-state index < -0.39 is 83.5 Å². The van der Waals surface area contributed by atoms with Crippen molar-refractivity contribution >= 4 is 29.8 Å². The number of fused-ring (bicyclic) bond motifs is 1. The van der Waals surface area contributed by atoms with Gasteiger partial charge in [-0.25, -0.2) is 23.6 Å². The second kappa shape index (κ2) is 13.0. The number of benzene rings is 3. The fourth-order valence-corrected chi connectivity index (χ4v) is 7.24. The van der Waals surface area contributed by atoms with E-state index in [9.17, 15) is 24.0 Å². The average molecular weight is 687 g/mol. The highest BCUT2D eigenvalue weighted by Gasteiger charge is 2.82. The molecular formula is C38H39FN2O9. The lowest BCUT2D eigenvalue weighted by atomic mass is 9.40. The van der Waals surface area contributed by atoms with Crippen LogP contribution in [-0.4, -0.2) is 89.0 Å². The van der Waals surface area contributed by atoms with Crippen LogP contribution in [0.15, 0.2) is 91.0 Å². The van der Waals surface area contributed by atoms with Gasteiger partial charge in [0.25, 0.3) is 5.91 Å². The van der Waals surface area contributed by atoms with Crippen LogP contribution in [0.4, 0.5) is 9.18 Å². The van der Waals surface area contributed by atoms with Crippen molar-refractivity contribution in [2.75, 3.05) is 13.2 Å². The Kier molecular flexibility index (Phi) is 9.02. The van der Waals surface area contributed by atoms with E-state index in [0.717, 1.165) is 9.80 Å². The first-order chi connectivity index (χ1) is 23.8. The van der Waals surface area contributed by atoms with Gasteiger partial charge in [-0.05, 0) is 48.7 Å². The highest BCUT2D eigenvalue weighted by molar-refractivity contribution is 6.04. The first-order valence-corrected chi connectivity index (χ1v) is 16.5. The lowest BCUT2D eigenvalue weighted by Gasteiger charge is -2.72. The lowest BCUT2D eigenvalue weighted by molar-refractivity contribution is -0.278. The van der Waals surface area contributed by atoms with Crippen LogP contribution in [0.5, 0.6) is 0 Å². The molecule has 0 spiro atoms. The summed E-state index contributed by atoms with van der Waals surface area (Å²) >= 11 is 0. The van der Waals surface area contributed by atoms with Crippen LogP contribution in [0.2, 0.25) is 0 Å². The molecule has 12 heteroatoms. The van der Waals surface area contributed by atoms with Crippen molar-refractivity contribution in [2.24, 2.45) is 10.8 Å². The molecule has 2 saturated heterocycles. The number of esters is 3. The number of imide groups is 1. The SMILES string of the molecule is CCN1C(=O)N([C@@H]2O[C@H](COC(=O)c3ccccc3)[C@@H](OC(=O)c3ccccc3)[C@H]2OC(=O)c2ccccc2)[C@H]2C(C)(C)C(C)(C)[C@@]2(F)C1=O. The molecule has 2 aliphatic heterocycles. The van der Waals surface area contributed by atoms with Crippen LogP contribution in [0.1, 0.15) is 65.7 Å². The number of carbonyl (C=O) groups excluding carboxylic acids is 5. The third kappa shape index (κ3) is 5.42. The number of rotatable bonds is 9. The molecule has 50 heavy (non-hydrogen) atoms. The molecule has 1 aliphatic carbocycles. The highest BCUT2D eigenvalue weighted by Crippen LogP contribution is 2.68. The van der Waals surface area contributed by atoms with Crippen LogP contribution in [0.25, 0.3) is 0 Å². The van der Waals surface area contributed by atoms with Gasteiger partial charge in [0.05, 0.1) is 22.7 Å². The van der Waals surface area contributed by atoms with E-state index in [-0.39, 0.29) is 23.2 Å². The summed E-state index contributed by atoms with van der Waals surface area (Å²) in [5.74, 6) is -3.31. The molecule has 3 amide bonds. The van der Waals surface area contributed by atoms with Gasteiger partial charge in [-0.2, -0.15) is 0 Å². The Labute approximate surface area is 289 Å². The Morgan fingerprint density at radius 2 is 1.20 bits per heavy atom. The molecule has 3 fully saturated rings. The Bertz CT molecular complexity index is 1790. The summed E-state index contributed by atoms with van der Waals surface area (Å²) in [5, 5.41) is 0. The van der Waals surface area contributed by atoms with Crippen molar-refractivity contribution in [3.63, 3.8) is 0 Å². The minimum absolute atomic E-state index is 0.144. The van der Waals surface area contributed by atoms with Crippen molar-refractivity contribution < 1.29 is 47.3 Å². The highest BCUT2D eigenvalue weighted by atomic mass is 19.1. The molecule has 0 N–H and O–H groups in total. The zero-order valence-corrected chi connectivity index (χ0v) is 28.4. The summed E-state index contributed by atoms with van der Waals surface area (Å²) in [6, 6.07) is 22.0. The minimum Gasteiger partial charge on any atom is -0.459 e. The Morgan fingerprint density at radius 1 is 0.740 bits per heavy atom. The summed E-state index contributed by atoms with van der Waals surface area (Å²) in [6.45, 7) is 7.66. The van der Waals surface area contributed by atoms with Gasteiger partial charge in [-0.1, -0.05) is 82.3 Å². The smallest absolute Gasteiger partial charge is 0.338 e. The van der Waals surface area contributed by atoms with Gasteiger partial charge in [0, 0.05) is 12.0 Å². The number of hydrogen-bond acceptors (Lipinski definition) is 9. The number of urea groups is 1. The first-order valence-electron chi connectivity index (χ1n) is 16.5. The second-order valence-corrected chi connectivity index (χ2v) is 13.7. The van der Waals surface area contributed by atoms with E-state index in [4.69, 9.17) is 18.9 Å². The van der Waals surface area contributed by atoms with Crippen molar-refractivity contribution in [1.82, 2.24) is 9.80 Å². The average Bonchev–Trinajstić information content (AvgIpc) is 3.45. The molecule has 3 aliphatic rings. The maximum atomic E-state index is 17.4. The van der Waals surface area contributed by atoms with Crippen LogP contribution >= 0.6 is 0 Å². The molecule has 3 aromatic carbocycles. The van der Waals surface area contributed by atoms with Crippen molar-refractivity contribution in [1.29, 1.82) is 0 Å². The first kappa shape index (κ1) is 34.8. The molecule has 2 heterocycles. The molecule has 11 nitrogen and oxygen atoms in total. The molecule has 6 atom stereocenters. The molecular weight excluding hydrogens is 647 g/mol. The normalized spacial score (nSPS) is 27.9. The summed E-state index contributed by atoms with van der Waals surface area (Å²) in [7, 11) is 0. The number of hydrogen-bond donors (Lipinski definition) is 0. The van der Waals surface area contributed by atoms with E-state index in [1.165, 1.54) is 24.3 Å². The maximum absolute atomic E-state index is 17.4. The molecule has 3 aromatic rings. The third-order valence-corrected chi connectivity index (χ3v) is 10.6. The second-order valence-electron chi connectivity index (χ2n) is 13.7. The molecule has 262 valence electrons. The largest absolute Gasteiger partial charge is 0.459 e. The van der Waals surface area contributed by atoms with E-state index in [2.05, 4.69) is 0 Å². The molecule has 0 bridgehead atoms. The van der Waals surface area contributed by atoms with Gasteiger partial charge < -0.3 is 18.9 Å². The zero-order valence-electron chi connectivity index (χ0n) is 28.4. The number of carbonyl (C=O) groups is 5.